The standard InChI is InChI=1S/C15H20N4OS2/c1-11-4-6-19(7-5-11)14(20)10-22-15-16-13(17-18-15)9-12-3-2-8-21-12/h2-3,8,11H,4-7,9-10H2,1H3,(H,16,17,18). The van der Waals surface area contributed by atoms with Crippen LogP contribution in [0.15, 0.2) is 22.7 Å². The van der Waals surface area contributed by atoms with E-state index in [0.29, 0.717) is 10.9 Å². The summed E-state index contributed by atoms with van der Waals surface area (Å²) in [6.45, 7) is 4.02. The van der Waals surface area contributed by atoms with Crippen LogP contribution in [-0.4, -0.2) is 44.8 Å². The number of nitrogens with zero attached hydrogens (tertiary/aromatic N) is 3. The molecule has 2 aromatic heterocycles. The molecule has 3 heterocycles. The third-order valence-corrected chi connectivity index (χ3v) is 5.60. The molecule has 22 heavy (non-hydrogen) atoms. The number of amides is 1. The maximum atomic E-state index is 12.2. The number of hydrogen-bond donors (Lipinski definition) is 1. The highest BCUT2D eigenvalue weighted by molar-refractivity contribution is 7.99. The van der Waals surface area contributed by atoms with Crippen LogP contribution < -0.4 is 0 Å². The molecule has 0 aliphatic carbocycles. The highest BCUT2D eigenvalue weighted by atomic mass is 32.2. The van der Waals surface area contributed by atoms with Crippen LogP contribution in [0.2, 0.25) is 0 Å². The topological polar surface area (TPSA) is 61.9 Å². The Kier molecular flexibility index (Phi) is 5.15. The molecule has 1 amide bonds. The van der Waals surface area contributed by atoms with Crippen molar-refractivity contribution in [2.75, 3.05) is 18.8 Å². The Morgan fingerprint density at radius 1 is 1.50 bits per heavy atom. The Hall–Kier alpha value is -1.34. The Morgan fingerprint density at radius 2 is 2.32 bits per heavy atom. The lowest BCUT2D eigenvalue weighted by atomic mass is 9.99. The minimum Gasteiger partial charge on any atom is -0.342 e. The molecule has 118 valence electrons. The van der Waals surface area contributed by atoms with E-state index < -0.39 is 0 Å². The van der Waals surface area contributed by atoms with E-state index in [1.807, 2.05) is 11.0 Å². The van der Waals surface area contributed by atoms with Gasteiger partial charge in [-0.25, -0.2) is 4.98 Å². The predicted octanol–water partition coefficient (Wildman–Crippen LogP) is 2.81. The summed E-state index contributed by atoms with van der Waals surface area (Å²) in [4.78, 5) is 19.8. The van der Waals surface area contributed by atoms with Gasteiger partial charge in [0.05, 0.1) is 5.75 Å². The molecule has 0 unspecified atom stereocenters. The van der Waals surface area contributed by atoms with E-state index in [-0.39, 0.29) is 5.91 Å². The van der Waals surface area contributed by atoms with Gasteiger partial charge in [-0.1, -0.05) is 24.8 Å². The van der Waals surface area contributed by atoms with Crippen LogP contribution in [0.3, 0.4) is 0 Å². The monoisotopic (exact) mass is 336 g/mol. The van der Waals surface area contributed by atoms with Gasteiger partial charge in [-0.15, -0.1) is 16.4 Å². The maximum absolute atomic E-state index is 12.2. The lowest BCUT2D eigenvalue weighted by molar-refractivity contribution is -0.129. The Balaban J connectivity index is 1.47. The molecule has 0 aromatic carbocycles. The molecule has 0 radical (unpaired) electrons. The summed E-state index contributed by atoms with van der Waals surface area (Å²) in [7, 11) is 0. The van der Waals surface area contributed by atoms with Crippen LogP contribution in [0, 0.1) is 5.92 Å². The lowest BCUT2D eigenvalue weighted by Crippen LogP contribution is -2.38. The van der Waals surface area contributed by atoms with Gasteiger partial charge in [0.25, 0.3) is 0 Å². The molecule has 0 bridgehead atoms. The largest absolute Gasteiger partial charge is 0.342 e. The highest BCUT2D eigenvalue weighted by Crippen LogP contribution is 2.19. The molecule has 1 fully saturated rings. The number of thioether (sulfide) groups is 1. The van der Waals surface area contributed by atoms with Gasteiger partial charge in [-0.3, -0.25) is 9.89 Å². The number of nitrogens with one attached hydrogen (secondary N) is 1. The summed E-state index contributed by atoms with van der Waals surface area (Å²) in [5, 5.41) is 9.85. The van der Waals surface area contributed by atoms with Gasteiger partial charge in [0.1, 0.15) is 5.82 Å². The minimum absolute atomic E-state index is 0.196. The fourth-order valence-electron chi connectivity index (χ4n) is 2.48. The molecular formula is C15H20N4OS2. The van der Waals surface area contributed by atoms with E-state index in [9.17, 15) is 4.79 Å². The summed E-state index contributed by atoms with van der Waals surface area (Å²) in [5.74, 6) is 2.21. The zero-order valence-corrected chi connectivity index (χ0v) is 14.3. The van der Waals surface area contributed by atoms with Crippen molar-refractivity contribution >= 4 is 29.0 Å². The van der Waals surface area contributed by atoms with Crippen LogP contribution in [0.4, 0.5) is 0 Å². The quantitative estimate of drug-likeness (QED) is 0.853. The van der Waals surface area contributed by atoms with Crippen molar-refractivity contribution in [2.45, 2.75) is 31.3 Å². The molecule has 0 spiro atoms. The first-order chi connectivity index (χ1) is 10.7. The molecule has 2 aromatic rings. The Morgan fingerprint density at radius 3 is 3.05 bits per heavy atom. The number of aromatic amines is 1. The number of rotatable bonds is 5. The second kappa shape index (κ2) is 7.28. The number of likely N-dealkylation sites (tertiary alicyclic amines) is 1. The molecule has 0 saturated carbocycles. The minimum atomic E-state index is 0.196. The van der Waals surface area contributed by atoms with Gasteiger partial charge in [-0.05, 0) is 30.2 Å². The van der Waals surface area contributed by atoms with Crippen molar-refractivity contribution < 1.29 is 4.79 Å². The average molecular weight is 336 g/mol. The van der Waals surface area contributed by atoms with Crippen molar-refractivity contribution in [1.29, 1.82) is 0 Å². The summed E-state index contributed by atoms with van der Waals surface area (Å²) in [6, 6.07) is 4.12. The van der Waals surface area contributed by atoms with E-state index in [4.69, 9.17) is 0 Å². The predicted molar refractivity (Wildman–Crippen MR) is 89.2 cm³/mol. The van der Waals surface area contributed by atoms with Gasteiger partial charge < -0.3 is 4.90 Å². The van der Waals surface area contributed by atoms with Crippen molar-refractivity contribution in [1.82, 2.24) is 20.1 Å². The van der Waals surface area contributed by atoms with E-state index in [1.165, 1.54) is 16.6 Å². The Bertz CT molecular complexity index is 603. The third-order valence-electron chi connectivity index (χ3n) is 3.89. The fraction of sp³-hybridized carbons (Fsp3) is 0.533. The first-order valence-electron chi connectivity index (χ1n) is 7.55. The molecule has 1 aliphatic rings. The lowest BCUT2D eigenvalue weighted by Gasteiger charge is -2.30. The van der Waals surface area contributed by atoms with Gasteiger partial charge in [0, 0.05) is 24.4 Å². The third kappa shape index (κ3) is 4.10. The van der Waals surface area contributed by atoms with Crippen molar-refractivity contribution in [3.8, 4) is 0 Å². The number of piperidine rings is 1. The molecule has 0 atom stereocenters. The van der Waals surface area contributed by atoms with Crippen LogP contribution >= 0.6 is 23.1 Å². The summed E-state index contributed by atoms with van der Waals surface area (Å²) in [6.07, 6.45) is 2.99. The normalized spacial score (nSPS) is 16.1. The van der Waals surface area contributed by atoms with Crippen LogP contribution in [0.25, 0.3) is 0 Å². The van der Waals surface area contributed by atoms with Crippen molar-refractivity contribution in [3.63, 3.8) is 0 Å². The number of carbonyl (C=O) groups excluding carboxylic acids is 1. The number of thiophene rings is 1. The fourth-order valence-corrected chi connectivity index (χ4v) is 3.90. The number of H-pyrrole nitrogens is 1. The Labute approximate surface area is 138 Å². The highest BCUT2D eigenvalue weighted by Gasteiger charge is 2.20. The second-order valence-corrected chi connectivity index (χ2v) is 7.65. The molecule has 1 N–H and O–H groups in total. The zero-order chi connectivity index (χ0) is 15.4. The number of hydrogen-bond acceptors (Lipinski definition) is 5. The van der Waals surface area contributed by atoms with Crippen LogP contribution in [0.1, 0.15) is 30.5 Å². The van der Waals surface area contributed by atoms with Gasteiger partial charge in [0.2, 0.25) is 11.1 Å². The first kappa shape index (κ1) is 15.6. The smallest absolute Gasteiger partial charge is 0.233 e. The van der Waals surface area contributed by atoms with Gasteiger partial charge in [0.15, 0.2) is 0 Å². The summed E-state index contributed by atoms with van der Waals surface area (Å²) >= 11 is 3.12. The maximum Gasteiger partial charge on any atom is 0.233 e. The van der Waals surface area contributed by atoms with Crippen molar-refractivity contribution in [3.05, 3.63) is 28.2 Å². The molecule has 7 heteroatoms. The molecule has 1 aliphatic heterocycles. The molecule has 3 rings (SSSR count). The van der Waals surface area contributed by atoms with Crippen LogP contribution in [-0.2, 0) is 11.2 Å². The van der Waals surface area contributed by atoms with E-state index in [0.717, 1.165) is 44.1 Å². The number of carbonyl (C=O) groups is 1. The zero-order valence-electron chi connectivity index (χ0n) is 12.6. The number of aromatic nitrogens is 3. The second-order valence-electron chi connectivity index (χ2n) is 5.67. The van der Waals surface area contributed by atoms with Crippen LogP contribution in [0.5, 0.6) is 0 Å². The molecule has 5 nitrogen and oxygen atoms in total. The first-order valence-corrected chi connectivity index (χ1v) is 9.41. The van der Waals surface area contributed by atoms with E-state index in [1.54, 1.807) is 11.3 Å². The van der Waals surface area contributed by atoms with Crippen molar-refractivity contribution in [2.24, 2.45) is 5.92 Å². The molecule has 1 saturated heterocycles. The van der Waals surface area contributed by atoms with Gasteiger partial charge in [-0.2, -0.15) is 0 Å². The molecular weight excluding hydrogens is 316 g/mol. The summed E-state index contributed by atoms with van der Waals surface area (Å²) < 4.78 is 0. The van der Waals surface area contributed by atoms with E-state index in [2.05, 4.69) is 33.6 Å². The average Bonchev–Trinajstić information content (AvgIpc) is 3.18. The SMILES string of the molecule is CC1CCN(C(=O)CSc2n[nH]c(Cc3cccs3)n2)CC1. The summed E-state index contributed by atoms with van der Waals surface area (Å²) in [5.41, 5.74) is 0. The van der Waals surface area contributed by atoms with E-state index >= 15 is 0 Å². The van der Waals surface area contributed by atoms with Gasteiger partial charge >= 0.3 is 0 Å².